The smallest absolute Gasteiger partial charge is 0.239 e. The van der Waals surface area contributed by atoms with Crippen molar-refractivity contribution < 1.29 is 9.59 Å². The third kappa shape index (κ3) is 4.18. The van der Waals surface area contributed by atoms with Crippen LogP contribution in [-0.4, -0.2) is 24.9 Å². The summed E-state index contributed by atoms with van der Waals surface area (Å²) in [5.74, 6) is 0.0512. The second-order valence-electron chi connectivity index (χ2n) is 6.22. The number of amides is 2. The van der Waals surface area contributed by atoms with Crippen LogP contribution in [0.3, 0.4) is 0 Å². The maximum absolute atomic E-state index is 12.2. The summed E-state index contributed by atoms with van der Waals surface area (Å²) in [6.45, 7) is 2.86. The molecule has 2 amide bonds. The average molecular weight is 337 g/mol. The van der Waals surface area contributed by atoms with Gasteiger partial charge in [0.05, 0.1) is 24.0 Å². The SMILES string of the molecule is CC(NC(=O)CNc1ccccc1N1CCCC1=O)c1ccccc1. The molecule has 0 saturated carbocycles. The summed E-state index contributed by atoms with van der Waals surface area (Å²) in [5.41, 5.74) is 2.72. The van der Waals surface area contributed by atoms with E-state index in [1.807, 2.05) is 61.5 Å². The maximum Gasteiger partial charge on any atom is 0.239 e. The molecule has 1 aliphatic heterocycles. The third-order valence-corrected chi connectivity index (χ3v) is 4.38. The van der Waals surface area contributed by atoms with Crippen LogP contribution in [-0.2, 0) is 9.59 Å². The fourth-order valence-electron chi connectivity index (χ4n) is 3.05. The Morgan fingerprint density at radius 1 is 1.12 bits per heavy atom. The summed E-state index contributed by atoms with van der Waals surface area (Å²) in [4.78, 5) is 26.0. The first-order chi connectivity index (χ1) is 12.1. The van der Waals surface area contributed by atoms with Gasteiger partial charge < -0.3 is 15.5 Å². The van der Waals surface area contributed by atoms with Crippen LogP contribution in [0.4, 0.5) is 11.4 Å². The Morgan fingerprint density at radius 2 is 1.84 bits per heavy atom. The van der Waals surface area contributed by atoms with E-state index in [4.69, 9.17) is 0 Å². The van der Waals surface area contributed by atoms with Crippen molar-refractivity contribution in [1.82, 2.24) is 5.32 Å². The van der Waals surface area contributed by atoms with Gasteiger partial charge in [0.25, 0.3) is 0 Å². The number of hydrogen-bond acceptors (Lipinski definition) is 3. The molecule has 5 heteroatoms. The highest BCUT2D eigenvalue weighted by molar-refractivity contribution is 5.98. The van der Waals surface area contributed by atoms with Gasteiger partial charge in [0, 0.05) is 13.0 Å². The average Bonchev–Trinajstić information content (AvgIpc) is 3.06. The van der Waals surface area contributed by atoms with E-state index in [2.05, 4.69) is 10.6 Å². The van der Waals surface area contributed by atoms with Gasteiger partial charge in [-0.05, 0) is 31.0 Å². The molecule has 1 saturated heterocycles. The van der Waals surface area contributed by atoms with Crippen molar-refractivity contribution in [3.05, 3.63) is 60.2 Å². The molecular formula is C20H23N3O2. The first-order valence-electron chi connectivity index (χ1n) is 8.63. The van der Waals surface area contributed by atoms with E-state index in [0.29, 0.717) is 6.42 Å². The zero-order chi connectivity index (χ0) is 17.6. The van der Waals surface area contributed by atoms with Gasteiger partial charge in [-0.1, -0.05) is 42.5 Å². The van der Waals surface area contributed by atoms with Crippen LogP contribution >= 0.6 is 0 Å². The third-order valence-electron chi connectivity index (χ3n) is 4.38. The molecule has 2 N–H and O–H groups in total. The van der Waals surface area contributed by atoms with Crippen LogP contribution in [0.5, 0.6) is 0 Å². The van der Waals surface area contributed by atoms with Gasteiger partial charge in [-0.15, -0.1) is 0 Å². The number of hydrogen-bond donors (Lipinski definition) is 2. The molecule has 2 aromatic carbocycles. The van der Waals surface area contributed by atoms with Crippen molar-refractivity contribution >= 4 is 23.2 Å². The largest absolute Gasteiger partial charge is 0.374 e. The molecule has 3 rings (SSSR count). The van der Waals surface area contributed by atoms with Crippen molar-refractivity contribution in [2.24, 2.45) is 0 Å². The zero-order valence-corrected chi connectivity index (χ0v) is 14.4. The van der Waals surface area contributed by atoms with Crippen LogP contribution in [0, 0.1) is 0 Å². The second kappa shape index (κ2) is 7.83. The van der Waals surface area contributed by atoms with Gasteiger partial charge in [-0.3, -0.25) is 9.59 Å². The van der Waals surface area contributed by atoms with Gasteiger partial charge in [0.1, 0.15) is 0 Å². The van der Waals surface area contributed by atoms with E-state index in [-0.39, 0.29) is 24.4 Å². The molecule has 5 nitrogen and oxygen atoms in total. The topological polar surface area (TPSA) is 61.4 Å². The van der Waals surface area contributed by atoms with Gasteiger partial charge in [0.15, 0.2) is 0 Å². The minimum atomic E-state index is -0.0843. The summed E-state index contributed by atoms with van der Waals surface area (Å²) in [6, 6.07) is 17.4. The lowest BCUT2D eigenvalue weighted by atomic mass is 10.1. The summed E-state index contributed by atoms with van der Waals surface area (Å²) >= 11 is 0. The number of nitrogens with one attached hydrogen (secondary N) is 2. The molecule has 0 aliphatic carbocycles. The maximum atomic E-state index is 12.2. The highest BCUT2D eigenvalue weighted by atomic mass is 16.2. The van der Waals surface area contributed by atoms with Gasteiger partial charge in [-0.2, -0.15) is 0 Å². The number of anilines is 2. The lowest BCUT2D eigenvalue weighted by molar-refractivity contribution is -0.120. The van der Waals surface area contributed by atoms with E-state index in [1.54, 1.807) is 4.90 Å². The molecule has 0 radical (unpaired) electrons. The molecule has 1 atom stereocenters. The van der Waals surface area contributed by atoms with E-state index in [0.717, 1.165) is 29.9 Å². The Kier molecular flexibility index (Phi) is 5.33. The van der Waals surface area contributed by atoms with Crippen LogP contribution in [0.15, 0.2) is 54.6 Å². The number of nitrogens with zero attached hydrogens (tertiary/aromatic N) is 1. The number of benzene rings is 2. The minimum absolute atomic E-state index is 0.0501. The molecule has 0 aromatic heterocycles. The fraction of sp³-hybridized carbons (Fsp3) is 0.300. The second-order valence-corrected chi connectivity index (χ2v) is 6.22. The number of carbonyl (C=O) groups excluding carboxylic acids is 2. The first-order valence-corrected chi connectivity index (χ1v) is 8.63. The molecular weight excluding hydrogens is 314 g/mol. The molecule has 130 valence electrons. The van der Waals surface area contributed by atoms with Crippen LogP contribution in [0.25, 0.3) is 0 Å². The lowest BCUT2D eigenvalue weighted by Crippen LogP contribution is -2.32. The van der Waals surface area contributed by atoms with Crippen molar-refractivity contribution in [1.29, 1.82) is 0 Å². The van der Waals surface area contributed by atoms with E-state index < -0.39 is 0 Å². The Labute approximate surface area is 148 Å². The number of rotatable bonds is 6. The Hall–Kier alpha value is -2.82. The molecule has 1 unspecified atom stereocenters. The van der Waals surface area contributed by atoms with E-state index in [1.165, 1.54) is 0 Å². The predicted molar refractivity (Wildman–Crippen MR) is 99.5 cm³/mol. The molecule has 1 aliphatic rings. The molecule has 1 heterocycles. The van der Waals surface area contributed by atoms with Crippen molar-refractivity contribution in [3.63, 3.8) is 0 Å². The molecule has 2 aromatic rings. The Morgan fingerprint density at radius 3 is 2.56 bits per heavy atom. The molecule has 25 heavy (non-hydrogen) atoms. The summed E-state index contributed by atoms with van der Waals surface area (Å²) in [5, 5.41) is 6.14. The summed E-state index contributed by atoms with van der Waals surface area (Å²) in [6.07, 6.45) is 1.46. The molecule has 1 fully saturated rings. The highest BCUT2D eigenvalue weighted by Gasteiger charge is 2.23. The van der Waals surface area contributed by atoms with Crippen LogP contribution in [0.1, 0.15) is 31.4 Å². The zero-order valence-electron chi connectivity index (χ0n) is 14.4. The van der Waals surface area contributed by atoms with E-state index in [9.17, 15) is 9.59 Å². The molecule has 0 spiro atoms. The standard InChI is InChI=1S/C20H23N3O2/c1-15(16-8-3-2-4-9-16)22-19(24)14-21-17-10-5-6-11-18(17)23-13-7-12-20(23)25/h2-6,8-11,15,21H,7,12-14H2,1H3,(H,22,24). The molecule has 0 bridgehead atoms. The highest BCUT2D eigenvalue weighted by Crippen LogP contribution is 2.29. The summed E-state index contributed by atoms with van der Waals surface area (Å²) in [7, 11) is 0. The lowest BCUT2D eigenvalue weighted by Gasteiger charge is -2.21. The number of carbonyl (C=O) groups is 2. The minimum Gasteiger partial charge on any atom is -0.374 e. The quantitative estimate of drug-likeness (QED) is 0.851. The monoisotopic (exact) mass is 337 g/mol. The predicted octanol–water partition coefficient (Wildman–Crippen LogP) is 3.10. The van der Waals surface area contributed by atoms with Crippen LogP contribution in [0.2, 0.25) is 0 Å². The number of para-hydroxylation sites is 2. The van der Waals surface area contributed by atoms with Gasteiger partial charge in [-0.25, -0.2) is 0 Å². The van der Waals surface area contributed by atoms with Crippen molar-refractivity contribution in [3.8, 4) is 0 Å². The van der Waals surface area contributed by atoms with Gasteiger partial charge in [0.2, 0.25) is 11.8 Å². The Balaban J connectivity index is 1.60. The van der Waals surface area contributed by atoms with Gasteiger partial charge >= 0.3 is 0 Å². The van der Waals surface area contributed by atoms with Crippen molar-refractivity contribution in [2.75, 3.05) is 23.3 Å². The first kappa shape index (κ1) is 17.0. The fourth-order valence-corrected chi connectivity index (χ4v) is 3.05. The van der Waals surface area contributed by atoms with Crippen LogP contribution < -0.4 is 15.5 Å². The normalized spacial score (nSPS) is 15.1. The van der Waals surface area contributed by atoms with Crippen molar-refractivity contribution in [2.45, 2.75) is 25.8 Å². The Bertz CT molecular complexity index is 746. The summed E-state index contributed by atoms with van der Waals surface area (Å²) < 4.78 is 0. The van der Waals surface area contributed by atoms with E-state index >= 15 is 0 Å².